The quantitative estimate of drug-likeness (QED) is 0.731. The molecule has 0 aliphatic carbocycles. The second-order valence-electron chi connectivity index (χ2n) is 3.57. The fraction of sp³-hybridized carbons (Fsp3) is 0.385. The molecule has 0 bridgehead atoms. The summed E-state index contributed by atoms with van der Waals surface area (Å²) in [6.45, 7) is 4.61. The van der Waals surface area contributed by atoms with Gasteiger partial charge in [-0.25, -0.2) is 4.79 Å². The molecule has 1 rings (SSSR count). The SMILES string of the molecule is CCOCC(C)OC(=O)c1cccc(C#N)c1. The summed E-state index contributed by atoms with van der Waals surface area (Å²) in [5.74, 6) is -0.436. The van der Waals surface area contributed by atoms with Gasteiger partial charge in [-0.3, -0.25) is 0 Å². The van der Waals surface area contributed by atoms with Gasteiger partial charge < -0.3 is 9.47 Å². The van der Waals surface area contributed by atoms with Crippen molar-refractivity contribution in [3.8, 4) is 6.07 Å². The molecule has 1 unspecified atom stereocenters. The minimum Gasteiger partial charge on any atom is -0.457 e. The van der Waals surface area contributed by atoms with E-state index < -0.39 is 5.97 Å². The molecule has 0 N–H and O–H groups in total. The highest BCUT2D eigenvalue weighted by Gasteiger charge is 2.12. The van der Waals surface area contributed by atoms with Crippen LogP contribution in [0, 0.1) is 11.3 Å². The second kappa shape index (κ2) is 6.66. The molecule has 0 saturated heterocycles. The van der Waals surface area contributed by atoms with Gasteiger partial charge in [-0.2, -0.15) is 5.26 Å². The van der Waals surface area contributed by atoms with Crippen LogP contribution in [0.4, 0.5) is 0 Å². The lowest BCUT2D eigenvalue weighted by atomic mass is 10.1. The molecule has 17 heavy (non-hydrogen) atoms. The molecule has 0 aliphatic heterocycles. The van der Waals surface area contributed by atoms with Crippen molar-refractivity contribution in [2.75, 3.05) is 13.2 Å². The molecule has 0 fully saturated rings. The van der Waals surface area contributed by atoms with E-state index in [1.165, 1.54) is 6.07 Å². The fourth-order valence-corrected chi connectivity index (χ4v) is 1.28. The lowest BCUT2D eigenvalue weighted by Gasteiger charge is -2.12. The maximum Gasteiger partial charge on any atom is 0.338 e. The van der Waals surface area contributed by atoms with E-state index in [1.807, 2.05) is 13.0 Å². The number of carbonyl (C=O) groups is 1. The highest BCUT2D eigenvalue weighted by molar-refractivity contribution is 5.89. The van der Waals surface area contributed by atoms with Crippen LogP contribution in [-0.2, 0) is 9.47 Å². The van der Waals surface area contributed by atoms with Crippen LogP contribution in [0.2, 0.25) is 0 Å². The van der Waals surface area contributed by atoms with Crippen LogP contribution in [0.1, 0.15) is 29.8 Å². The lowest BCUT2D eigenvalue weighted by Crippen LogP contribution is -2.20. The summed E-state index contributed by atoms with van der Waals surface area (Å²) in [7, 11) is 0. The van der Waals surface area contributed by atoms with Crippen molar-refractivity contribution < 1.29 is 14.3 Å². The second-order valence-corrected chi connectivity index (χ2v) is 3.57. The average molecular weight is 233 g/mol. The number of rotatable bonds is 5. The molecule has 0 amide bonds. The first-order chi connectivity index (χ1) is 8.17. The summed E-state index contributed by atoms with van der Waals surface area (Å²) in [5.41, 5.74) is 0.823. The highest BCUT2D eigenvalue weighted by Crippen LogP contribution is 2.07. The molecule has 90 valence electrons. The third-order valence-corrected chi connectivity index (χ3v) is 2.09. The number of nitriles is 1. The van der Waals surface area contributed by atoms with Gasteiger partial charge in [0.25, 0.3) is 0 Å². The lowest BCUT2D eigenvalue weighted by molar-refractivity contribution is 0.00439. The van der Waals surface area contributed by atoms with Crippen molar-refractivity contribution in [3.05, 3.63) is 35.4 Å². The van der Waals surface area contributed by atoms with Crippen molar-refractivity contribution in [1.82, 2.24) is 0 Å². The number of ether oxygens (including phenoxy) is 2. The smallest absolute Gasteiger partial charge is 0.338 e. The Morgan fingerprint density at radius 2 is 2.29 bits per heavy atom. The summed E-state index contributed by atoms with van der Waals surface area (Å²) < 4.78 is 10.3. The van der Waals surface area contributed by atoms with Gasteiger partial charge in [0.15, 0.2) is 0 Å². The molecule has 4 nitrogen and oxygen atoms in total. The summed E-state index contributed by atoms with van der Waals surface area (Å²) in [6.07, 6.45) is -0.298. The summed E-state index contributed by atoms with van der Waals surface area (Å²) >= 11 is 0. The maximum absolute atomic E-state index is 11.7. The standard InChI is InChI=1S/C13H15NO3/c1-3-16-9-10(2)17-13(15)12-6-4-5-11(7-12)8-14/h4-7,10H,3,9H2,1-2H3. The first-order valence-corrected chi connectivity index (χ1v) is 5.46. The predicted molar refractivity (Wildman–Crippen MR) is 62.5 cm³/mol. The molecule has 1 aromatic rings. The van der Waals surface area contributed by atoms with Crippen molar-refractivity contribution in [3.63, 3.8) is 0 Å². The Labute approximate surface area is 101 Å². The zero-order valence-electron chi connectivity index (χ0n) is 9.97. The van der Waals surface area contributed by atoms with E-state index >= 15 is 0 Å². The Bertz CT molecular complexity index is 423. The van der Waals surface area contributed by atoms with Gasteiger partial charge in [0.1, 0.15) is 6.10 Å². The maximum atomic E-state index is 11.7. The van der Waals surface area contributed by atoms with E-state index in [9.17, 15) is 4.79 Å². The normalized spacial score (nSPS) is 11.6. The summed E-state index contributed by atoms with van der Waals surface area (Å²) in [5, 5.41) is 8.72. The highest BCUT2D eigenvalue weighted by atomic mass is 16.6. The monoisotopic (exact) mass is 233 g/mol. The van der Waals surface area contributed by atoms with Gasteiger partial charge in [0, 0.05) is 6.61 Å². The first-order valence-electron chi connectivity index (χ1n) is 5.46. The van der Waals surface area contributed by atoms with Gasteiger partial charge in [-0.15, -0.1) is 0 Å². The Kier molecular flexibility index (Phi) is 5.18. The van der Waals surface area contributed by atoms with Gasteiger partial charge >= 0.3 is 5.97 Å². The van der Waals surface area contributed by atoms with E-state index in [2.05, 4.69) is 0 Å². The largest absolute Gasteiger partial charge is 0.457 e. The fourth-order valence-electron chi connectivity index (χ4n) is 1.28. The minimum atomic E-state index is -0.436. The third-order valence-electron chi connectivity index (χ3n) is 2.09. The van der Waals surface area contributed by atoms with Crippen molar-refractivity contribution in [1.29, 1.82) is 5.26 Å². The summed E-state index contributed by atoms with van der Waals surface area (Å²) in [4.78, 5) is 11.7. The first kappa shape index (κ1) is 13.2. The molecule has 4 heteroatoms. The van der Waals surface area contributed by atoms with Crippen LogP contribution in [0.25, 0.3) is 0 Å². The zero-order chi connectivity index (χ0) is 12.7. The molecule has 0 spiro atoms. The van der Waals surface area contributed by atoms with Crippen LogP contribution in [0.5, 0.6) is 0 Å². The predicted octanol–water partition coefficient (Wildman–Crippen LogP) is 2.14. The van der Waals surface area contributed by atoms with E-state index in [1.54, 1.807) is 25.1 Å². The topological polar surface area (TPSA) is 59.3 Å². The van der Waals surface area contributed by atoms with Gasteiger partial charge in [-0.1, -0.05) is 6.07 Å². The van der Waals surface area contributed by atoms with E-state index in [0.717, 1.165) is 0 Å². The summed E-state index contributed by atoms with van der Waals surface area (Å²) in [6, 6.07) is 8.40. The number of nitrogens with zero attached hydrogens (tertiary/aromatic N) is 1. The molecule has 1 atom stereocenters. The number of benzene rings is 1. The van der Waals surface area contributed by atoms with E-state index in [4.69, 9.17) is 14.7 Å². The molecular weight excluding hydrogens is 218 g/mol. The number of hydrogen-bond acceptors (Lipinski definition) is 4. The van der Waals surface area contributed by atoms with Crippen LogP contribution >= 0.6 is 0 Å². The zero-order valence-corrected chi connectivity index (χ0v) is 9.97. The van der Waals surface area contributed by atoms with Gasteiger partial charge in [-0.05, 0) is 32.0 Å². The molecule has 0 radical (unpaired) electrons. The number of esters is 1. The molecule has 0 heterocycles. The van der Waals surface area contributed by atoms with Crippen LogP contribution in [0.3, 0.4) is 0 Å². The average Bonchev–Trinajstić information content (AvgIpc) is 2.36. The molecular formula is C13H15NO3. The van der Waals surface area contributed by atoms with Crippen LogP contribution in [0.15, 0.2) is 24.3 Å². The molecule has 1 aromatic carbocycles. The Morgan fingerprint density at radius 3 is 2.94 bits per heavy atom. The van der Waals surface area contributed by atoms with E-state index in [-0.39, 0.29) is 6.10 Å². The number of carbonyl (C=O) groups excluding carboxylic acids is 1. The molecule has 0 saturated carbocycles. The Morgan fingerprint density at radius 1 is 1.53 bits per heavy atom. The van der Waals surface area contributed by atoms with Crippen LogP contribution < -0.4 is 0 Å². The Balaban J connectivity index is 2.60. The van der Waals surface area contributed by atoms with Crippen molar-refractivity contribution in [2.24, 2.45) is 0 Å². The minimum absolute atomic E-state index is 0.298. The van der Waals surface area contributed by atoms with Crippen molar-refractivity contribution in [2.45, 2.75) is 20.0 Å². The molecule has 0 aliphatic rings. The Hall–Kier alpha value is -1.86. The number of hydrogen-bond donors (Lipinski definition) is 0. The van der Waals surface area contributed by atoms with Crippen LogP contribution in [-0.4, -0.2) is 25.3 Å². The van der Waals surface area contributed by atoms with Gasteiger partial charge in [0.05, 0.1) is 23.8 Å². The van der Waals surface area contributed by atoms with E-state index in [0.29, 0.717) is 24.3 Å². The third kappa shape index (κ3) is 4.25. The van der Waals surface area contributed by atoms with Gasteiger partial charge in [0.2, 0.25) is 0 Å². The molecule has 0 aromatic heterocycles. The van der Waals surface area contributed by atoms with Crippen molar-refractivity contribution >= 4 is 5.97 Å².